The maximum atomic E-state index is 12.1. The van der Waals surface area contributed by atoms with E-state index in [1.54, 1.807) is 0 Å². The lowest BCUT2D eigenvalue weighted by atomic mass is 9.90. The fourth-order valence-electron chi connectivity index (χ4n) is 1.18. The second-order valence-electron chi connectivity index (χ2n) is 3.79. The first-order valence-electron chi connectivity index (χ1n) is 4.72. The normalized spacial score (nSPS) is 12.9. The Balaban J connectivity index is 3.05. The summed E-state index contributed by atoms with van der Waals surface area (Å²) in [7, 11) is 0. The van der Waals surface area contributed by atoms with Crippen LogP contribution >= 0.6 is 31.9 Å². The van der Waals surface area contributed by atoms with Crippen molar-refractivity contribution in [2.45, 2.75) is 20.8 Å². The van der Waals surface area contributed by atoms with Crippen molar-refractivity contribution in [1.82, 2.24) is 0 Å². The van der Waals surface area contributed by atoms with Crippen molar-refractivity contribution in [3.8, 4) is 0 Å². The average molecular weight is 333 g/mol. The molecule has 0 amide bonds. The molecular weight excluding hydrogens is 320 g/mol. The van der Waals surface area contributed by atoms with Gasteiger partial charge in [-0.2, -0.15) is 0 Å². The van der Waals surface area contributed by atoms with Crippen LogP contribution in [0, 0.1) is 11.8 Å². The Kier molecular flexibility index (Phi) is 4.53. The minimum atomic E-state index is -0.0319. The first kappa shape index (κ1) is 12.9. The van der Waals surface area contributed by atoms with E-state index in [0.717, 1.165) is 20.4 Å². The molecule has 1 atom stereocenters. The molecule has 0 heterocycles. The van der Waals surface area contributed by atoms with Crippen LogP contribution in [-0.2, 0) is 0 Å². The molecule has 1 unspecified atom stereocenters. The molecule has 0 saturated carbocycles. The largest absolute Gasteiger partial charge is 0.294 e. The van der Waals surface area contributed by atoms with Gasteiger partial charge in [-0.1, -0.05) is 52.6 Å². The molecule has 15 heavy (non-hydrogen) atoms. The molecule has 81 valence electrons. The SMILES string of the molecule is C[C](C)C(C)C(=O)c1cc(Br)ccc1Br. The Bertz CT molecular complexity index is 372. The number of rotatable bonds is 3. The van der Waals surface area contributed by atoms with Gasteiger partial charge in [-0.05, 0) is 24.1 Å². The van der Waals surface area contributed by atoms with E-state index in [4.69, 9.17) is 0 Å². The molecule has 0 spiro atoms. The Labute approximate surface area is 108 Å². The minimum Gasteiger partial charge on any atom is -0.294 e. The van der Waals surface area contributed by atoms with Crippen molar-refractivity contribution in [3.63, 3.8) is 0 Å². The molecule has 0 aliphatic rings. The van der Waals surface area contributed by atoms with Gasteiger partial charge < -0.3 is 0 Å². The maximum Gasteiger partial charge on any atom is 0.167 e. The molecule has 3 heteroatoms. The summed E-state index contributed by atoms with van der Waals surface area (Å²) >= 11 is 6.77. The zero-order valence-electron chi connectivity index (χ0n) is 8.97. The summed E-state index contributed by atoms with van der Waals surface area (Å²) in [5.74, 6) is 1.26. The second-order valence-corrected chi connectivity index (χ2v) is 5.56. The van der Waals surface area contributed by atoms with Crippen LogP contribution in [-0.4, -0.2) is 5.78 Å². The van der Waals surface area contributed by atoms with E-state index in [9.17, 15) is 4.79 Å². The molecule has 0 aliphatic heterocycles. The Hall–Kier alpha value is -0.150. The minimum absolute atomic E-state index is 0.0319. The molecule has 0 fully saturated rings. The van der Waals surface area contributed by atoms with Crippen molar-refractivity contribution in [2.24, 2.45) is 5.92 Å². The van der Waals surface area contributed by atoms with Gasteiger partial charge in [0.05, 0.1) is 0 Å². The number of hydrogen-bond donors (Lipinski definition) is 0. The third-order valence-electron chi connectivity index (χ3n) is 2.45. The summed E-state index contributed by atoms with van der Waals surface area (Å²) in [5, 5.41) is 0. The van der Waals surface area contributed by atoms with Crippen LogP contribution < -0.4 is 0 Å². The third-order valence-corrected chi connectivity index (χ3v) is 3.64. The van der Waals surface area contributed by atoms with Gasteiger partial charge in [0.2, 0.25) is 0 Å². The number of Topliss-reactive ketones (excluding diaryl/α,β-unsaturated/α-hetero) is 1. The van der Waals surface area contributed by atoms with Gasteiger partial charge in [0.1, 0.15) is 0 Å². The fraction of sp³-hybridized carbons (Fsp3) is 0.333. The van der Waals surface area contributed by atoms with Crippen molar-refractivity contribution in [2.75, 3.05) is 0 Å². The topological polar surface area (TPSA) is 17.1 Å². The predicted molar refractivity (Wildman–Crippen MR) is 69.9 cm³/mol. The van der Waals surface area contributed by atoms with E-state index in [0.29, 0.717) is 0 Å². The van der Waals surface area contributed by atoms with E-state index in [-0.39, 0.29) is 11.7 Å². The molecule has 0 aromatic heterocycles. The van der Waals surface area contributed by atoms with E-state index in [2.05, 4.69) is 31.9 Å². The van der Waals surface area contributed by atoms with Crippen molar-refractivity contribution >= 4 is 37.6 Å². The summed E-state index contributed by atoms with van der Waals surface area (Å²) in [6.45, 7) is 5.90. The molecule has 0 saturated heterocycles. The molecule has 1 radical (unpaired) electrons. The molecule has 0 bridgehead atoms. The number of carbonyl (C=O) groups excluding carboxylic acids is 1. The maximum absolute atomic E-state index is 12.1. The molecule has 1 nitrogen and oxygen atoms in total. The van der Waals surface area contributed by atoms with Gasteiger partial charge in [0.25, 0.3) is 0 Å². The molecule has 0 N–H and O–H groups in total. The summed E-state index contributed by atoms with van der Waals surface area (Å²) in [6.07, 6.45) is 0. The molecule has 1 aromatic carbocycles. The zero-order valence-corrected chi connectivity index (χ0v) is 12.1. The van der Waals surface area contributed by atoms with Crippen LogP contribution in [0.1, 0.15) is 31.1 Å². The van der Waals surface area contributed by atoms with Gasteiger partial charge in [-0.3, -0.25) is 4.79 Å². The monoisotopic (exact) mass is 331 g/mol. The average Bonchev–Trinajstić information content (AvgIpc) is 2.19. The van der Waals surface area contributed by atoms with Crippen LogP contribution in [0.15, 0.2) is 27.1 Å². The van der Waals surface area contributed by atoms with E-state index >= 15 is 0 Å². The first-order chi connectivity index (χ1) is 6.93. The number of hydrogen-bond acceptors (Lipinski definition) is 1. The third kappa shape index (κ3) is 3.15. The number of carbonyl (C=O) groups is 1. The second kappa shape index (κ2) is 5.26. The highest BCUT2D eigenvalue weighted by atomic mass is 79.9. The highest BCUT2D eigenvalue weighted by Crippen LogP contribution is 2.26. The van der Waals surface area contributed by atoms with Gasteiger partial charge in [0, 0.05) is 20.4 Å². The lowest BCUT2D eigenvalue weighted by Crippen LogP contribution is -2.16. The highest BCUT2D eigenvalue weighted by Gasteiger charge is 2.20. The van der Waals surface area contributed by atoms with Crippen molar-refractivity contribution in [1.29, 1.82) is 0 Å². The molecule has 0 aliphatic carbocycles. The number of benzene rings is 1. The predicted octanol–water partition coefficient (Wildman–Crippen LogP) is 4.64. The highest BCUT2D eigenvalue weighted by molar-refractivity contribution is 9.11. The quantitative estimate of drug-likeness (QED) is 0.736. The van der Waals surface area contributed by atoms with Crippen LogP contribution in [0.4, 0.5) is 0 Å². The van der Waals surface area contributed by atoms with Crippen LogP contribution in [0.3, 0.4) is 0 Å². The summed E-state index contributed by atoms with van der Waals surface area (Å²) in [6, 6.07) is 5.65. The lowest BCUT2D eigenvalue weighted by molar-refractivity contribution is 0.0937. The Morgan fingerprint density at radius 1 is 1.27 bits per heavy atom. The van der Waals surface area contributed by atoms with Crippen LogP contribution in [0.25, 0.3) is 0 Å². The molecule has 1 rings (SSSR count). The van der Waals surface area contributed by atoms with Crippen LogP contribution in [0.2, 0.25) is 0 Å². The van der Waals surface area contributed by atoms with E-state index in [1.165, 1.54) is 0 Å². The summed E-state index contributed by atoms with van der Waals surface area (Å²) in [5.41, 5.74) is 0.734. The van der Waals surface area contributed by atoms with E-state index in [1.807, 2.05) is 39.0 Å². The van der Waals surface area contributed by atoms with E-state index < -0.39 is 0 Å². The smallest absolute Gasteiger partial charge is 0.167 e. The Morgan fingerprint density at radius 2 is 1.87 bits per heavy atom. The van der Waals surface area contributed by atoms with Gasteiger partial charge in [-0.25, -0.2) is 0 Å². The van der Waals surface area contributed by atoms with Gasteiger partial charge in [0.15, 0.2) is 5.78 Å². The standard InChI is InChI=1S/C12H13Br2O/c1-7(2)8(3)12(15)10-6-9(13)4-5-11(10)14/h4-6,8H,1-3H3. The number of ketones is 1. The van der Waals surface area contributed by atoms with Crippen molar-refractivity contribution in [3.05, 3.63) is 38.6 Å². The molecular formula is C12H13Br2O. The molecule has 1 aromatic rings. The summed E-state index contributed by atoms with van der Waals surface area (Å²) < 4.78 is 1.78. The zero-order chi connectivity index (χ0) is 11.6. The summed E-state index contributed by atoms with van der Waals surface area (Å²) in [4.78, 5) is 12.1. The first-order valence-corrected chi connectivity index (χ1v) is 6.31. The van der Waals surface area contributed by atoms with Crippen LogP contribution in [0.5, 0.6) is 0 Å². The van der Waals surface area contributed by atoms with Gasteiger partial charge in [-0.15, -0.1) is 0 Å². The van der Waals surface area contributed by atoms with Gasteiger partial charge >= 0.3 is 0 Å². The van der Waals surface area contributed by atoms with Crippen molar-refractivity contribution < 1.29 is 4.79 Å². The Morgan fingerprint density at radius 3 is 2.40 bits per heavy atom. The lowest BCUT2D eigenvalue weighted by Gasteiger charge is -2.14. The number of halogens is 2. The fourth-order valence-corrected chi connectivity index (χ4v) is 1.98.